The summed E-state index contributed by atoms with van der Waals surface area (Å²) in [6, 6.07) is 8.19. The minimum Gasteiger partial charge on any atom is -0.308 e. The highest BCUT2D eigenvalue weighted by atomic mass is 32.2. The Bertz CT molecular complexity index is 1030. The van der Waals surface area contributed by atoms with Gasteiger partial charge in [0.2, 0.25) is 10.0 Å². The average Bonchev–Trinajstić information content (AvgIpc) is 3.24. The summed E-state index contributed by atoms with van der Waals surface area (Å²) in [6.07, 6.45) is 2.94. The lowest BCUT2D eigenvalue weighted by Gasteiger charge is -2.30. The lowest BCUT2D eigenvalue weighted by molar-refractivity contribution is 0.0980. The Labute approximate surface area is 162 Å². The van der Waals surface area contributed by atoms with Crippen molar-refractivity contribution in [3.63, 3.8) is 0 Å². The number of hydrogen-bond donors (Lipinski definition) is 0. The average molecular weight is 406 g/mol. The van der Waals surface area contributed by atoms with E-state index in [2.05, 4.69) is 0 Å². The second-order valence-electron chi connectivity index (χ2n) is 7.06. The molecule has 0 bridgehead atoms. The van der Waals surface area contributed by atoms with Crippen LogP contribution in [0, 0.1) is 11.6 Å². The van der Waals surface area contributed by atoms with E-state index < -0.39 is 27.6 Å². The van der Waals surface area contributed by atoms with Crippen LogP contribution in [0.2, 0.25) is 0 Å². The van der Waals surface area contributed by atoms with Crippen molar-refractivity contribution in [3.05, 3.63) is 59.2 Å². The van der Waals surface area contributed by atoms with E-state index in [4.69, 9.17) is 0 Å². The monoisotopic (exact) mass is 406 g/mol. The van der Waals surface area contributed by atoms with Gasteiger partial charge in [-0.3, -0.25) is 4.79 Å². The Kier molecular flexibility index (Phi) is 4.93. The molecule has 0 aromatic heterocycles. The molecule has 2 aliphatic rings. The van der Waals surface area contributed by atoms with Gasteiger partial charge in [0.25, 0.3) is 5.91 Å². The first kappa shape index (κ1) is 19.0. The van der Waals surface area contributed by atoms with Crippen LogP contribution in [0.4, 0.5) is 14.5 Å². The molecule has 1 fully saturated rings. The van der Waals surface area contributed by atoms with Crippen molar-refractivity contribution in [3.8, 4) is 0 Å². The number of sulfonamides is 1. The van der Waals surface area contributed by atoms with Gasteiger partial charge < -0.3 is 4.90 Å². The number of carbonyl (C=O) groups is 1. The molecule has 0 radical (unpaired) electrons. The molecule has 1 saturated heterocycles. The highest BCUT2D eigenvalue weighted by Gasteiger charge is 2.30. The zero-order chi connectivity index (χ0) is 19.9. The first-order chi connectivity index (χ1) is 13.4. The highest BCUT2D eigenvalue weighted by Crippen LogP contribution is 2.32. The van der Waals surface area contributed by atoms with Crippen molar-refractivity contribution >= 4 is 21.6 Å². The number of benzene rings is 2. The molecule has 1 amide bonds. The van der Waals surface area contributed by atoms with Gasteiger partial charge in [0.1, 0.15) is 0 Å². The molecular formula is C20H20F2N2O3S. The van der Waals surface area contributed by atoms with E-state index in [-0.39, 0.29) is 10.5 Å². The molecule has 2 aliphatic heterocycles. The Hall–Kier alpha value is -2.32. The van der Waals surface area contributed by atoms with E-state index in [0.29, 0.717) is 38.2 Å². The van der Waals surface area contributed by atoms with Crippen LogP contribution >= 0.6 is 0 Å². The van der Waals surface area contributed by atoms with E-state index in [1.54, 1.807) is 12.1 Å². The summed E-state index contributed by atoms with van der Waals surface area (Å²) >= 11 is 0. The number of halogens is 2. The Morgan fingerprint density at radius 3 is 2.46 bits per heavy atom. The molecule has 0 saturated carbocycles. The SMILES string of the molecule is O=C(c1cccc(F)c1F)N1CCCc2cc(S(=O)(=O)N3CCCC3)ccc21. The molecule has 2 heterocycles. The quantitative estimate of drug-likeness (QED) is 0.786. The number of amides is 1. The van der Waals surface area contributed by atoms with Crippen LogP contribution in [-0.4, -0.2) is 38.3 Å². The molecule has 8 heteroatoms. The number of anilines is 1. The minimum absolute atomic E-state index is 0.208. The zero-order valence-electron chi connectivity index (χ0n) is 15.2. The second kappa shape index (κ2) is 7.25. The van der Waals surface area contributed by atoms with Gasteiger partial charge in [0, 0.05) is 25.3 Å². The van der Waals surface area contributed by atoms with Crippen molar-refractivity contribution in [2.75, 3.05) is 24.5 Å². The predicted octanol–water partition coefficient (Wildman–Crippen LogP) is 3.34. The lowest BCUT2D eigenvalue weighted by Crippen LogP contribution is -2.36. The fourth-order valence-corrected chi connectivity index (χ4v) is 5.41. The van der Waals surface area contributed by atoms with Crippen molar-refractivity contribution < 1.29 is 22.0 Å². The molecule has 0 unspecified atom stereocenters. The smallest absolute Gasteiger partial charge is 0.261 e. The van der Waals surface area contributed by atoms with Gasteiger partial charge in [-0.1, -0.05) is 6.07 Å². The van der Waals surface area contributed by atoms with Gasteiger partial charge in [-0.2, -0.15) is 4.31 Å². The van der Waals surface area contributed by atoms with Gasteiger partial charge in [0.05, 0.1) is 10.5 Å². The minimum atomic E-state index is -3.55. The van der Waals surface area contributed by atoms with E-state index >= 15 is 0 Å². The van der Waals surface area contributed by atoms with Crippen molar-refractivity contribution in [2.24, 2.45) is 0 Å². The number of hydrogen-bond acceptors (Lipinski definition) is 3. The Morgan fingerprint density at radius 1 is 0.964 bits per heavy atom. The third kappa shape index (κ3) is 3.20. The molecule has 0 spiro atoms. The number of rotatable bonds is 3. The summed E-state index contributed by atoms with van der Waals surface area (Å²) in [5.74, 6) is -2.88. The molecule has 0 atom stereocenters. The topological polar surface area (TPSA) is 57.7 Å². The molecule has 5 nitrogen and oxygen atoms in total. The van der Waals surface area contributed by atoms with Gasteiger partial charge >= 0.3 is 0 Å². The maximum Gasteiger partial charge on any atom is 0.261 e. The normalized spacial score (nSPS) is 17.6. The van der Waals surface area contributed by atoms with Crippen LogP contribution in [0.15, 0.2) is 41.3 Å². The maximum absolute atomic E-state index is 14.1. The number of aryl methyl sites for hydroxylation is 1. The fraction of sp³-hybridized carbons (Fsp3) is 0.350. The predicted molar refractivity (Wildman–Crippen MR) is 101 cm³/mol. The Balaban J connectivity index is 1.69. The van der Waals surface area contributed by atoms with Crippen LogP contribution in [0.5, 0.6) is 0 Å². The second-order valence-corrected chi connectivity index (χ2v) is 9.00. The van der Waals surface area contributed by atoms with Crippen LogP contribution in [0.1, 0.15) is 35.2 Å². The first-order valence-corrected chi connectivity index (χ1v) is 10.7. The fourth-order valence-electron chi connectivity index (χ4n) is 3.84. The molecule has 2 aromatic rings. The van der Waals surface area contributed by atoms with Crippen LogP contribution in [-0.2, 0) is 16.4 Å². The standard InChI is InChI=1S/C20H20F2N2O3S/c21-17-7-3-6-16(19(17)22)20(25)24-12-4-5-14-13-15(8-9-18(14)24)28(26,27)23-10-1-2-11-23/h3,6-9,13H,1-2,4-5,10-12H2. The van der Waals surface area contributed by atoms with E-state index in [1.807, 2.05) is 0 Å². The van der Waals surface area contributed by atoms with Gasteiger partial charge in [-0.05, 0) is 61.6 Å². The molecule has 148 valence electrons. The Morgan fingerprint density at radius 2 is 1.71 bits per heavy atom. The molecule has 4 rings (SSSR count). The largest absolute Gasteiger partial charge is 0.308 e. The number of nitrogens with zero attached hydrogens (tertiary/aromatic N) is 2. The van der Waals surface area contributed by atoms with Crippen molar-refractivity contribution in [1.29, 1.82) is 0 Å². The number of fused-ring (bicyclic) bond motifs is 1. The number of carbonyl (C=O) groups excluding carboxylic acids is 1. The summed E-state index contributed by atoms with van der Waals surface area (Å²) in [4.78, 5) is 14.4. The summed E-state index contributed by atoms with van der Waals surface area (Å²) in [7, 11) is -3.55. The first-order valence-electron chi connectivity index (χ1n) is 9.28. The molecule has 0 aliphatic carbocycles. The molecular weight excluding hydrogens is 386 g/mol. The van der Waals surface area contributed by atoms with Gasteiger partial charge in [-0.15, -0.1) is 0 Å². The van der Waals surface area contributed by atoms with E-state index in [9.17, 15) is 22.0 Å². The molecule has 2 aromatic carbocycles. The van der Waals surface area contributed by atoms with Crippen molar-refractivity contribution in [2.45, 2.75) is 30.6 Å². The van der Waals surface area contributed by atoms with Crippen LogP contribution in [0.3, 0.4) is 0 Å². The van der Waals surface area contributed by atoms with Crippen molar-refractivity contribution in [1.82, 2.24) is 4.31 Å². The third-order valence-corrected chi connectivity index (χ3v) is 7.19. The third-order valence-electron chi connectivity index (χ3n) is 5.30. The van der Waals surface area contributed by atoms with E-state index in [1.165, 1.54) is 27.4 Å². The van der Waals surface area contributed by atoms with Gasteiger partial charge in [0.15, 0.2) is 11.6 Å². The maximum atomic E-state index is 14.1. The van der Waals surface area contributed by atoms with Gasteiger partial charge in [-0.25, -0.2) is 17.2 Å². The lowest BCUT2D eigenvalue weighted by atomic mass is 10.0. The molecule has 0 N–H and O–H groups in total. The highest BCUT2D eigenvalue weighted by molar-refractivity contribution is 7.89. The van der Waals surface area contributed by atoms with Crippen LogP contribution < -0.4 is 4.90 Å². The molecule has 28 heavy (non-hydrogen) atoms. The summed E-state index contributed by atoms with van der Waals surface area (Å²) in [5, 5.41) is 0. The summed E-state index contributed by atoms with van der Waals surface area (Å²) < 4.78 is 54.6. The summed E-state index contributed by atoms with van der Waals surface area (Å²) in [6.45, 7) is 1.39. The van der Waals surface area contributed by atoms with Crippen LogP contribution in [0.25, 0.3) is 0 Å². The van der Waals surface area contributed by atoms with E-state index in [0.717, 1.165) is 24.5 Å². The summed E-state index contributed by atoms with van der Waals surface area (Å²) in [5.41, 5.74) is 0.929. The zero-order valence-corrected chi connectivity index (χ0v) is 16.0.